The van der Waals surface area contributed by atoms with E-state index < -0.39 is 24.3 Å². The highest BCUT2D eigenvalue weighted by Gasteiger charge is 2.47. The van der Waals surface area contributed by atoms with E-state index in [2.05, 4.69) is 83.0 Å². The van der Waals surface area contributed by atoms with Crippen molar-refractivity contribution in [1.29, 1.82) is 0 Å². The highest BCUT2D eigenvalue weighted by atomic mass is 16.5. The fourth-order valence-corrected chi connectivity index (χ4v) is 11.6. The summed E-state index contributed by atoms with van der Waals surface area (Å²) in [6, 6.07) is 14.8. The van der Waals surface area contributed by atoms with E-state index in [9.17, 15) is 19.2 Å². The van der Waals surface area contributed by atoms with Crippen molar-refractivity contribution < 1.29 is 38.1 Å². The Labute approximate surface area is 398 Å². The molecule has 4 N–H and O–H groups in total. The predicted molar refractivity (Wildman–Crippen MR) is 253 cm³/mol. The minimum absolute atomic E-state index is 0.0153. The van der Waals surface area contributed by atoms with E-state index in [0.29, 0.717) is 37.9 Å². The van der Waals surface area contributed by atoms with Gasteiger partial charge in [0.2, 0.25) is 11.8 Å². The van der Waals surface area contributed by atoms with Crippen LogP contribution in [0.1, 0.15) is 115 Å². The number of nitrogens with one attached hydrogen (secondary N) is 4. The highest BCUT2D eigenvalue weighted by molar-refractivity contribution is 5.88. The van der Waals surface area contributed by atoms with Gasteiger partial charge < -0.3 is 49.3 Å². The average Bonchev–Trinajstić information content (AvgIpc) is 4.21. The second-order valence-electron chi connectivity index (χ2n) is 20.2. The lowest BCUT2D eigenvalue weighted by molar-refractivity contribution is -0.140. The molecule has 2 aliphatic carbocycles. The monoisotopic (exact) mass is 931 g/mol. The molecule has 4 saturated heterocycles. The maximum absolute atomic E-state index is 14.5. The number of amides is 4. The zero-order valence-electron chi connectivity index (χ0n) is 39.7. The molecule has 6 aliphatic rings. The number of H-pyrrole nitrogens is 2. The number of methoxy groups -OCH3 is 2. The lowest BCUT2D eigenvalue weighted by Crippen LogP contribution is -2.55. The second kappa shape index (κ2) is 19.7. The topological polar surface area (TPSA) is 193 Å². The molecule has 4 aliphatic heterocycles. The summed E-state index contributed by atoms with van der Waals surface area (Å²) in [4.78, 5) is 74.7. The number of benzene rings is 2. The van der Waals surface area contributed by atoms with Crippen molar-refractivity contribution in [3.8, 4) is 33.6 Å². The molecule has 4 amide bonds. The molecule has 10 rings (SSSR count). The predicted octanol–water partition coefficient (Wildman–Crippen LogP) is 8.10. The van der Waals surface area contributed by atoms with Crippen LogP contribution in [-0.4, -0.2) is 118 Å². The van der Waals surface area contributed by atoms with Gasteiger partial charge in [-0.2, -0.15) is 0 Å². The normalized spacial score (nSPS) is 28.2. The van der Waals surface area contributed by atoms with Crippen molar-refractivity contribution in [2.75, 3.05) is 27.4 Å². The van der Waals surface area contributed by atoms with Gasteiger partial charge in [0.1, 0.15) is 23.7 Å². The van der Waals surface area contributed by atoms with Crippen LogP contribution < -0.4 is 10.6 Å². The number of alkyl carbamates (subject to hydrolysis) is 2. The van der Waals surface area contributed by atoms with Gasteiger partial charge in [0, 0.05) is 25.3 Å². The summed E-state index contributed by atoms with van der Waals surface area (Å²) in [5, 5.41) is 5.83. The number of imidazole rings is 2. The molecule has 6 fully saturated rings. The molecule has 2 aromatic carbocycles. The standard InChI is InChI=1S/C52H66N8O8/c1-29-5-19-41(59(29)49(61)45(57-51(63)65-3)37-21-23-67-43(25-37)35-15-16-35)47-53-27-39(55-47)33-11-7-31(8-12-33)32-9-13-34(14-10-32)40-28-54-48(56-40)42-20-6-30(2)60(42)50(62)46(58-52(64)66-4)38-22-24-68-44(26-38)36-17-18-36/h7-14,27-30,35-38,41-46H,5-6,15-26H2,1-4H3,(H,53,55)(H,54,56)(H,57,63)(H,58,64)/t29-,30-,37+,38+,41-,42-,43-,44-,45-,46-/m0/s1. The number of carbonyl (C=O) groups is 4. The van der Waals surface area contributed by atoms with Crippen molar-refractivity contribution >= 4 is 24.0 Å². The fraction of sp³-hybridized carbons (Fsp3) is 0.577. The lowest BCUT2D eigenvalue weighted by Gasteiger charge is -2.38. The van der Waals surface area contributed by atoms with Gasteiger partial charge in [-0.15, -0.1) is 0 Å². The third-order valence-corrected chi connectivity index (χ3v) is 15.8. The zero-order chi connectivity index (χ0) is 47.1. The Bertz CT molecular complexity index is 2260. The Balaban J connectivity index is 0.797. The van der Waals surface area contributed by atoms with Crippen LogP contribution >= 0.6 is 0 Å². The Morgan fingerprint density at radius 3 is 1.32 bits per heavy atom. The molecule has 68 heavy (non-hydrogen) atoms. The van der Waals surface area contributed by atoms with Gasteiger partial charge in [0.05, 0.1) is 62.3 Å². The average molecular weight is 931 g/mol. The maximum Gasteiger partial charge on any atom is 0.407 e. The molecule has 2 aromatic heterocycles. The van der Waals surface area contributed by atoms with Gasteiger partial charge in [-0.1, -0.05) is 48.5 Å². The quantitative estimate of drug-likeness (QED) is 0.102. The van der Waals surface area contributed by atoms with Crippen LogP contribution in [0.5, 0.6) is 0 Å². The van der Waals surface area contributed by atoms with E-state index in [-0.39, 0.29) is 60.0 Å². The molecule has 0 unspecified atom stereocenters. The van der Waals surface area contributed by atoms with Gasteiger partial charge in [0.15, 0.2) is 0 Å². The number of nitrogens with zero attached hydrogens (tertiary/aromatic N) is 4. The number of rotatable bonds is 13. The van der Waals surface area contributed by atoms with Crippen molar-refractivity contribution in [2.45, 2.75) is 139 Å². The molecule has 2 saturated carbocycles. The first kappa shape index (κ1) is 46.0. The van der Waals surface area contributed by atoms with Crippen LogP contribution in [0, 0.1) is 23.7 Å². The summed E-state index contributed by atoms with van der Waals surface area (Å²) in [6.07, 6.45) is 13.5. The molecule has 362 valence electrons. The summed E-state index contributed by atoms with van der Waals surface area (Å²) in [5.41, 5.74) is 5.81. The summed E-state index contributed by atoms with van der Waals surface area (Å²) in [6.45, 7) is 5.31. The third-order valence-electron chi connectivity index (χ3n) is 15.8. The van der Waals surface area contributed by atoms with Gasteiger partial charge in [-0.3, -0.25) is 9.59 Å². The molecule has 10 atom stereocenters. The summed E-state index contributed by atoms with van der Waals surface area (Å²) in [5.74, 6) is 2.30. The Kier molecular flexibility index (Phi) is 13.3. The maximum atomic E-state index is 14.5. The zero-order valence-corrected chi connectivity index (χ0v) is 39.7. The number of hydrogen-bond donors (Lipinski definition) is 4. The van der Waals surface area contributed by atoms with Crippen molar-refractivity contribution in [3.05, 3.63) is 72.6 Å². The smallest absolute Gasteiger partial charge is 0.407 e. The second-order valence-corrected chi connectivity index (χ2v) is 20.2. The molecular weight excluding hydrogens is 865 g/mol. The molecule has 6 heterocycles. The summed E-state index contributed by atoms with van der Waals surface area (Å²) >= 11 is 0. The minimum atomic E-state index is -0.702. The molecular formula is C52H66N8O8. The molecule has 4 aromatic rings. The Morgan fingerprint density at radius 2 is 0.956 bits per heavy atom. The van der Waals surface area contributed by atoms with Crippen LogP contribution in [0.25, 0.3) is 33.6 Å². The molecule has 0 spiro atoms. The van der Waals surface area contributed by atoms with Gasteiger partial charge >= 0.3 is 12.2 Å². The van der Waals surface area contributed by atoms with Crippen molar-refractivity contribution in [3.63, 3.8) is 0 Å². The van der Waals surface area contributed by atoms with Gasteiger partial charge in [-0.25, -0.2) is 19.6 Å². The number of carbonyl (C=O) groups excluding carboxylic acids is 4. The van der Waals surface area contributed by atoms with Crippen LogP contribution in [0.2, 0.25) is 0 Å². The third kappa shape index (κ3) is 9.63. The van der Waals surface area contributed by atoms with Gasteiger partial charge in [0.25, 0.3) is 0 Å². The first-order chi connectivity index (χ1) is 33.1. The van der Waals surface area contributed by atoms with Crippen LogP contribution in [0.3, 0.4) is 0 Å². The van der Waals surface area contributed by atoms with Crippen molar-refractivity contribution in [2.24, 2.45) is 23.7 Å². The first-order valence-corrected chi connectivity index (χ1v) is 24.9. The Morgan fingerprint density at radius 1 is 0.574 bits per heavy atom. The fourth-order valence-electron chi connectivity index (χ4n) is 11.6. The SMILES string of the molecule is COC(=O)N[C@H](C(=O)N1[C@@H](C)CC[C@H]1c1ncc(-c2ccc(-c3ccc(-c4cnc([C@@H]5CC[C@H](C)N5C(=O)[C@@H](NC(=O)OC)[C@@H]5CCO[C@H](C6CC6)C5)[nH]4)cc3)cc2)[nH]1)[C@@H]1CCO[C@H](C2CC2)C1. The number of ether oxygens (including phenoxy) is 4. The van der Waals surface area contributed by atoms with Crippen LogP contribution in [-0.2, 0) is 28.5 Å². The largest absolute Gasteiger partial charge is 0.453 e. The highest BCUT2D eigenvalue weighted by Crippen LogP contribution is 2.44. The number of hydrogen-bond acceptors (Lipinski definition) is 10. The van der Waals surface area contributed by atoms with E-state index in [1.807, 2.05) is 22.2 Å². The number of likely N-dealkylation sites (tertiary alicyclic amines) is 2. The molecule has 16 nitrogen and oxygen atoms in total. The van der Waals surface area contributed by atoms with E-state index in [4.69, 9.17) is 28.9 Å². The van der Waals surface area contributed by atoms with E-state index >= 15 is 0 Å². The van der Waals surface area contributed by atoms with E-state index in [1.54, 1.807) is 0 Å². The first-order valence-electron chi connectivity index (χ1n) is 24.9. The van der Waals surface area contributed by atoms with E-state index in [0.717, 1.165) is 109 Å². The number of aromatic amines is 2. The lowest BCUT2D eigenvalue weighted by atomic mass is 9.86. The molecule has 16 heteroatoms. The van der Waals surface area contributed by atoms with Crippen LogP contribution in [0.4, 0.5) is 9.59 Å². The minimum Gasteiger partial charge on any atom is -0.453 e. The van der Waals surface area contributed by atoms with Gasteiger partial charge in [-0.05, 0) is 137 Å². The molecule has 0 bridgehead atoms. The Hall–Kier alpha value is -5.74. The number of aromatic nitrogens is 4. The summed E-state index contributed by atoms with van der Waals surface area (Å²) < 4.78 is 22.1. The molecule has 0 radical (unpaired) electrons. The van der Waals surface area contributed by atoms with E-state index in [1.165, 1.54) is 14.2 Å². The summed E-state index contributed by atoms with van der Waals surface area (Å²) in [7, 11) is 2.66. The van der Waals surface area contributed by atoms with Crippen LogP contribution in [0.15, 0.2) is 60.9 Å². The van der Waals surface area contributed by atoms with Crippen molar-refractivity contribution in [1.82, 2.24) is 40.4 Å².